The van der Waals surface area contributed by atoms with Gasteiger partial charge in [-0.15, -0.1) is 0 Å². The lowest BCUT2D eigenvalue weighted by atomic mass is 10.1. The van der Waals surface area contributed by atoms with Gasteiger partial charge in [-0.05, 0) is 24.1 Å². The topological polar surface area (TPSA) is 29.1 Å². The first-order valence-electron chi connectivity index (χ1n) is 4.28. The van der Waals surface area contributed by atoms with Crippen LogP contribution in [0.5, 0.6) is 0 Å². The van der Waals surface area contributed by atoms with Crippen molar-refractivity contribution in [2.75, 3.05) is 6.54 Å². The Balaban J connectivity index is 2.51. The summed E-state index contributed by atoms with van der Waals surface area (Å²) in [5.41, 5.74) is 1.06. The maximum Gasteiger partial charge on any atom is 0.216 e. The number of carbonyl (C=O) groups excluding carboxylic acids is 1. The van der Waals surface area contributed by atoms with E-state index in [2.05, 4.69) is 5.32 Å². The van der Waals surface area contributed by atoms with Gasteiger partial charge in [-0.3, -0.25) is 4.79 Å². The van der Waals surface area contributed by atoms with E-state index in [9.17, 15) is 4.79 Å². The average molecular weight is 232 g/mol. The van der Waals surface area contributed by atoms with Gasteiger partial charge >= 0.3 is 0 Å². The molecule has 0 unspecified atom stereocenters. The van der Waals surface area contributed by atoms with Crippen LogP contribution >= 0.6 is 23.2 Å². The van der Waals surface area contributed by atoms with Crippen LogP contribution in [0.4, 0.5) is 0 Å². The van der Waals surface area contributed by atoms with Crippen molar-refractivity contribution in [2.45, 2.75) is 13.3 Å². The van der Waals surface area contributed by atoms with E-state index in [1.165, 1.54) is 6.92 Å². The highest BCUT2D eigenvalue weighted by Crippen LogP contribution is 2.22. The van der Waals surface area contributed by atoms with Crippen LogP contribution in [-0.2, 0) is 11.2 Å². The van der Waals surface area contributed by atoms with Crippen molar-refractivity contribution < 1.29 is 4.79 Å². The zero-order chi connectivity index (χ0) is 10.6. The van der Waals surface area contributed by atoms with Crippen LogP contribution in [0.15, 0.2) is 18.2 Å². The minimum absolute atomic E-state index is 0.0231. The van der Waals surface area contributed by atoms with Crippen molar-refractivity contribution in [2.24, 2.45) is 0 Å². The molecule has 2 nitrogen and oxygen atoms in total. The summed E-state index contributed by atoms with van der Waals surface area (Å²) in [4.78, 5) is 10.6. The van der Waals surface area contributed by atoms with Crippen molar-refractivity contribution >= 4 is 29.1 Å². The Morgan fingerprint density at radius 1 is 1.36 bits per heavy atom. The minimum atomic E-state index is -0.0231. The van der Waals surface area contributed by atoms with Crippen LogP contribution in [0.1, 0.15) is 12.5 Å². The zero-order valence-electron chi connectivity index (χ0n) is 7.81. The number of rotatable bonds is 3. The van der Waals surface area contributed by atoms with Gasteiger partial charge in [0, 0.05) is 13.5 Å². The summed E-state index contributed by atoms with van der Waals surface area (Å²) in [5, 5.41) is 3.81. The normalized spacial score (nSPS) is 9.93. The predicted molar refractivity (Wildman–Crippen MR) is 58.8 cm³/mol. The second-order valence-corrected chi connectivity index (χ2v) is 3.80. The van der Waals surface area contributed by atoms with E-state index in [0.717, 1.165) is 12.0 Å². The number of carbonyl (C=O) groups is 1. The van der Waals surface area contributed by atoms with Crippen LogP contribution < -0.4 is 5.32 Å². The SMILES string of the molecule is CC(=O)NCCc1ccc(Cl)c(Cl)c1. The second kappa shape index (κ2) is 5.23. The Hall–Kier alpha value is -0.730. The average Bonchev–Trinajstić information content (AvgIpc) is 2.10. The number of hydrogen-bond donors (Lipinski definition) is 1. The summed E-state index contributed by atoms with van der Waals surface area (Å²) in [6.07, 6.45) is 0.760. The lowest BCUT2D eigenvalue weighted by molar-refractivity contribution is -0.118. The summed E-state index contributed by atoms with van der Waals surface area (Å²) in [6, 6.07) is 5.47. The van der Waals surface area contributed by atoms with Gasteiger partial charge in [0.05, 0.1) is 10.0 Å². The fourth-order valence-electron chi connectivity index (χ4n) is 1.08. The van der Waals surface area contributed by atoms with Crippen LogP contribution in [0.25, 0.3) is 0 Å². The Bertz CT molecular complexity index is 339. The highest BCUT2D eigenvalue weighted by Gasteiger charge is 1.99. The zero-order valence-corrected chi connectivity index (χ0v) is 9.32. The molecule has 0 aromatic heterocycles. The lowest BCUT2D eigenvalue weighted by Gasteiger charge is -2.03. The number of benzene rings is 1. The third-order valence-corrected chi connectivity index (χ3v) is 2.51. The monoisotopic (exact) mass is 231 g/mol. The summed E-state index contributed by atoms with van der Waals surface area (Å²) in [7, 11) is 0. The van der Waals surface area contributed by atoms with Crippen molar-refractivity contribution in [3.8, 4) is 0 Å². The third-order valence-electron chi connectivity index (χ3n) is 1.77. The molecule has 0 saturated carbocycles. The van der Waals surface area contributed by atoms with Gasteiger partial charge in [0.2, 0.25) is 5.91 Å². The molecule has 1 aromatic carbocycles. The molecular formula is C10H11Cl2NO. The summed E-state index contributed by atoms with van der Waals surface area (Å²) < 4.78 is 0. The van der Waals surface area contributed by atoms with Crippen LogP contribution in [-0.4, -0.2) is 12.5 Å². The van der Waals surface area contributed by atoms with Gasteiger partial charge in [-0.2, -0.15) is 0 Å². The molecule has 0 fully saturated rings. The molecule has 1 N–H and O–H groups in total. The molecule has 0 atom stereocenters. The van der Waals surface area contributed by atoms with Gasteiger partial charge < -0.3 is 5.32 Å². The molecule has 14 heavy (non-hydrogen) atoms. The van der Waals surface area contributed by atoms with E-state index in [4.69, 9.17) is 23.2 Å². The first-order valence-corrected chi connectivity index (χ1v) is 5.03. The fraction of sp³-hybridized carbons (Fsp3) is 0.300. The Kier molecular flexibility index (Phi) is 4.23. The smallest absolute Gasteiger partial charge is 0.216 e. The van der Waals surface area contributed by atoms with Gasteiger partial charge in [-0.25, -0.2) is 0 Å². The number of amides is 1. The maximum atomic E-state index is 10.6. The fourth-order valence-corrected chi connectivity index (χ4v) is 1.40. The molecule has 76 valence electrons. The van der Waals surface area contributed by atoms with Gasteiger partial charge in [0.15, 0.2) is 0 Å². The Labute approximate surface area is 93.2 Å². The lowest BCUT2D eigenvalue weighted by Crippen LogP contribution is -2.22. The van der Waals surface area contributed by atoms with Crippen LogP contribution in [0.2, 0.25) is 10.0 Å². The molecule has 0 aliphatic rings. The predicted octanol–water partition coefficient (Wildman–Crippen LogP) is 2.67. The molecule has 0 aliphatic heterocycles. The first-order chi connectivity index (χ1) is 6.59. The van der Waals surface area contributed by atoms with Crippen LogP contribution in [0.3, 0.4) is 0 Å². The molecular weight excluding hydrogens is 221 g/mol. The third kappa shape index (κ3) is 3.56. The Morgan fingerprint density at radius 2 is 2.07 bits per heavy atom. The minimum Gasteiger partial charge on any atom is -0.356 e. The van der Waals surface area contributed by atoms with Gasteiger partial charge in [0.25, 0.3) is 0 Å². The second-order valence-electron chi connectivity index (χ2n) is 2.98. The molecule has 0 spiro atoms. The molecule has 4 heteroatoms. The molecule has 1 rings (SSSR count). The van der Waals surface area contributed by atoms with Crippen molar-refractivity contribution in [1.82, 2.24) is 5.32 Å². The number of halogens is 2. The quantitative estimate of drug-likeness (QED) is 0.852. The molecule has 0 bridgehead atoms. The standard InChI is InChI=1S/C10H11Cl2NO/c1-7(14)13-5-4-8-2-3-9(11)10(12)6-8/h2-3,6H,4-5H2,1H3,(H,13,14). The maximum absolute atomic E-state index is 10.6. The number of nitrogens with one attached hydrogen (secondary N) is 1. The van der Waals surface area contributed by atoms with Crippen molar-refractivity contribution in [1.29, 1.82) is 0 Å². The van der Waals surface area contributed by atoms with Gasteiger partial charge in [0.1, 0.15) is 0 Å². The summed E-state index contributed by atoms with van der Waals surface area (Å²) in [5.74, 6) is -0.0231. The molecule has 0 aliphatic carbocycles. The first kappa shape index (κ1) is 11.3. The molecule has 1 aromatic rings. The Morgan fingerprint density at radius 3 is 2.64 bits per heavy atom. The summed E-state index contributed by atoms with van der Waals surface area (Å²) >= 11 is 11.6. The number of hydrogen-bond acceptors (Lipinski definition) is 1. The van der Waals surface area contributed by atoms with E-state index in [-0.39, 0.29) is 5.91 Å². The van der Waals surface area contributed by atoms with Crippen LogP contribution in [0, 0.1) is 0 Å². The van der Waals surface area contributed by atoms with E-state index >= 15 is 0 Å². The molecule has 1 amide bonds. The molecule has 0 heterocycles. The largest absolute Gasteiger partial charge is 0.356 e. The van der Waals surface area contributed by atoms with Crippen molar-refractivity contribution in [3.05, 3.63) is 33.8 Å². The highest BCUT2D eigenvalue weighted by atomic mass is 35.5. The van der Waals surface area contributed by atoms with E-state index in [1.54, 1.807) is 6.07 Å². The van der Waals surface area contributed by atoms with E-state index < -0.39 is 0 Å². The summed E-state index contributed by atoms with van der Waals surface area (Å²) in [6.45, 7) is 2.11. The van der Waals surface area contributed by atoms with Crippen molar-refractivity contribution in [3.63, 3.8) is 0 Å². The van der Waals surface area contributed by atoms with E-state index in [0.29, 0.717) is 16.6 Å². The van der Waals surface area contributed by atoms with E-state index in [1.807, 2.05) is 12.1 Å². The molecule has 0 saturated heterocycles. The highest BCUT2D eigenvalue weighted by molar-refractivity contribution is 6.42. The van der Waals surface area contributed by atoms with Gasteiger partial charge in [-0.1, -0.05) is 29.3 Å². The molecule has 0 radical (unpaired) electrons.